The van der Waals surface area contributed by atoms with Gasteiger partial charge in [0.2, 0.25) is 0 Å². The molecule has 0 saturated carbocycles. The van der Waals surface area contributed by atoms with Crippen molar-refractivity contribution in [2.45, 2.75) is 25.7 Å². The summed E-state index contributed by atoms with van der Waals surface area (Å²) in [6.45, 7) is 1.36. The van der Waals surface area contributed by atoms with Gasteiger partial charge in [0.05, 0.1) is 36.0 Å². The lowest BCUT2D eigenvalue weighted by atomic mass is 10.1. The Kier molecular flexibility index (Phi) is 14.0. The van der Waals surface area contributed by atoms with Crippen LogP contribution in [-0.4, -0.2) is 24.6 Å². The summed E-state index contributed by atoms with van der Waals surface area (Å²) in [7, 11) is 0. The van der Waals surface area contributed by atoms with E-state index in [9.17, 15) is 0 Å². The number of unbranched alkanes of at least 4 members (excludes halogenated alkanes) is 3. The van der Waals surface area contributed by atoms with Crippen LogP contribution in [0.15, 0.2) is 167 Å². The van der Waals surface area contributed by atoms with Crippen LogP contribution in [0.1, 0.15) is 46.6 Å². The van der Waals surface area contributed by atoms with Crippen LogP contribution in [0, 0.1) is 0 Å². The molecule has 0 bridgehead atoms. The van der Waals surface area contributed by atoms with Crippen molar-refractivity contribution in [3.05, 3.63) is 177 Å². The fourth-order valence-corrected chi connectivity index (χ4v) is 6.38. The van der Waals surface area contributed by atoms with Gasteiger partial charge in [0.1, 0.15) is 11.5 Å². The molecule has 262 valence electrons. The van der Waals surface area contributed by atoms with Crippen LogP contribution >= 0.6 is 22.7 Å². The van der Waals surface area contributed by atoms with Gasteiger partial charge in [0.15, 0.2) is 0 Å². The smallest absolute Gasteiger partial charge is 0.119 e. The second-order valence-electron chi connectivity index (χ2n) is 11.8. The average Bonchev–Trinajstić information content (AvgIpc) is 3.93. The molecule has 0 amide bonds. The van der Waals surface area contributed by atoms with E-state index in [4.69, 9.17) is 9.47 Å². The maximum Gasteiger partial charge on any atom is 0.119 e. The third-order valence-electron chi connectivity index (χ3n) is 7.93. The van der Waals surface area contributed by atoms with E-state index >= 15 is 0 Å². The number of hydrogen-bond acceptors (Lipinski definition) is 8. The molecule has 52 heavy (non-hydrogen) atoms. The minimum absolute atomic E-state index is 0.681. The largest absolute Gasteiger partial charge is 0.494 e. The normalized spacial score (nSPS) is 12.0. The first-order valence-corrected chi connectivity index (χ1v) is 19.2. The average molecular weight is 723 g/mol. The predicted octanol–water partition coefficient (Wildman–Crippen LogP) is 11.9. The number of nitrogens with one attached hydrogen (secondary N) is 2. The SMILES string of the molecule is C(=C\c1cccs1)/C(=N\Nc1ccccc1)c1ccc(OCCCCCCOc2ccc(C(/C=C/c3cccs3)=N/Nc3ccccc3)cc2)cc1. The van der Waals surface area contributed by atoms with E-state index < -0.39 is 0 Å². The third kappa shape index (κ3) is 12.0. The fraction of sp³-hybridized carbons (Fsp3) is 0.136. The molecule has 0 spiro atoms. The lowest BCUT2D eigenvalue weighted by Crippen LogP contribution is -2.03. The zero-order valence-corrected chi connectivity index (χ0v) is 30.6. The quantitative estimate of drug-likeness (QED) is 0.0496. The summed E-state index contributed by atoms with van der Waals surface area (Å²) in [5.74, 6) is 1.72. The molecule has 0 saturated heterocycles. The number of rotatable bonds is 19. The standard InChI is InChI=1S/C44H42N4O2S2/c1(9-31-49-39-23-19-35(20-24-39)43(29-27-41-17-11-33-51-41)47-45-37-13-5-3-6-14-37)2-10-32-50-40-25-21-36(22-26-40)44(30-28-42-18-12-34-52-42)48-46-38-15-7-4-8-16-38/h3-8,11-30,33-34,45-46H,1-2,9-10,31-32H2/b29-27+,30-28+,47-43+,48-44+. The van der Waals surface area contributed by atoms with Crippen molar-refractivity contribution in [3.8, 4) is 11.5 Å². The first kappa shape index (κ1) is 36.1. The molecule has 0 fully saturated rings. The fourth-order valence-electron chi connectivity index (χ4n) is 5.15. The van der Waals surface area contributed by atoms with Gasteiger partial charge in [-0.2, -0.15) is 10.2 Å². The van der Waals surface area contributed by atoms with Crippen LogP contribution in [0.4, 0.5) is 11.4 Å². The number of benzene rings is 4. The number of allylic oxidation sites excluding steroid dienone is 2. The molecule has 0 atom stereocenters. The molecular formula is C44H42N4O2S2. The van der Waals surface area contributed by atoms with Crippen molar-refractivity contribution in [2.24, 2.45) is 10.2 Å². The number of hydrazone groups is 2. The monoisotopic (exact) mass is 722 g/mol. The Morgan fingerprint density at radius 3 is 1.29 bits per heavy atom. The van der Waals surface area contributed by atoms with E-state index in [-0.39, 0.29) is 0 Å². The van der Waals surface area contributed by atoms with E-state index in [1.807, 2.05) is 109 Å². The molecule has 2 heterocycles. The van der Waals surface area contributed by atoms with Crippen molar-refractivity contribution >= 4 is 57.6 Å². The van der Waals surface area contributed by atoms with Gasteiger partial charge >= 0.3 is 0 Å². The van der Waals surface area contributed by atoms with E-state index in [1.165, 1.54) is 9.75 Å². The number of para-hydroxylation sites is 2. The third-order valence-corrected chi connectivity index (χ3v) is 9.61. The number of thiophene rings is 2. The number of anilines is 2. The molecule has 4 aromatic carbocycles. The summed E-state index contributed by atoms with van der Waals surface area (Å²) in [5.41, 5.74) is 11.9. The number of hydrogen-bond donors (Lipinski definition) is 2. The molecule has 0 aliphatic carbocycles. The van der Waals surface area contributed by atoms with Crippen molar-refractivity contribution in [3.63, 3.8) is 0 Å². The number of ether oxygens (including phenoxy) is 2. The summed E-state index contributed by atoms with van der Waals surface area (Å²) in [4.78, 5) is 2.36. The zero-order chi connectivity index (χ0) is 35.5. The summed E-state index contributed by atoms with van der Waals surface area (Å²) in [6, 6.07) is 44.5. The van der Waals surface area contributed by atoms with Crippen LogP contribution in [0.25, 0.3) is 12.2 Å². The van der Waals surface area contributed by atoms with E-state index in [0.717, 1.165) is 71.1 Å². The van der Waals surface area contributed by atoms with Gasteiger partial charge in [-0.1, -0.05) is 48.5 Å². The summed E-state index contributed by atoms with van der Waals surface area (Å²) in [6.07, 6.45) is 12.4. The van der Waals surface area contributed by atoms with Crippen molar-refractivity contribution < 1.29 is 9.47 Å². The Morgan fingerprint density at radius 1 is 0.481 bits per heavy atom. The minimum atomic E-state index is 0.681. The van der Waals surface area contributed by atoms with Crippen molar-refractivity contribution in [1.82, 2.24) is 0 Å². The van der Waals surface area contributed by atoms with Gasteiger partial charge < -0.3 is 9.47 Å². The minimum Gasteiger partial charge on any atom is -0.494 e. The van der Waals surface area contributed by atoms with Crippen LogP contribution in [0.2, 0.25) is 0 Å². The van der Waals surface area contributed by atoms with Gasteiger partial charge in [-0.15, -0.1) is 22.7 Å². The van der Waals surface area contributed by atoms with E-state index in [1.54, 1.807) is 22.7 Å². The Morgan fingerprint density at radius 2 is 0.904 bits per heavy atom. The first-order chi connectivity index (χ1) is 25.8. The number of nitrogens with zero attached hydrogens (tertiary/aromatic N) is 2. The highest BCUT2D eigenvalue weighted by Gasteiger charge is 2.05. The van der Waals surface area contributed by atoms with Gasteiger partial charge in [0.25, 0.3) is 0 Å². The Balaban J connectivity index is 0.916. The van der Waals surface area contributed by atoms with Gasteiger partial charge in [-0.25, -0.2) is 0 Å². The van der Waals surface area contributed by atoms with Gasteiger partial charge in [-0.05, 0) is 146 Å². The topological polar surface area (TPSA) is 67.2 Å². The maximum absolute atomic E-state index is 6.05. The Labute approximate surface area is 314 Å². The molecule has 6 aromatic rings. The lowest BCUT2D eigenvalue weighted by Gasteiger charge is -2.09. The molecule has 2 aromatic heterocycles. The predicted molar refractivity (Wildman–Crippen MR) is 222 cm³/mol. The second kappa shape index (κ2) is 20.2. The highest BCUT2D eigenvalue weighted by atomic mass is 32.1. The highest BCUT2D eigenvalue weighted by Crippen LogP contribution is 2.19. The first-order valence-electron chi connectivity index (χ1n) is 17.5. The molecule has 6 rings (SSSR count). The van der Waals surface area contributed by atoms with Crippen LogP contribution in [0.3, 0.4) is 0 Å². The Hall–Kier alpha value is -5.70. The highest BCUT2D eigenvalue weighted by molar-refractivity contribution is 7.11. The Bertz CT molecular complexity index is 1860. The van der Waals surface area contributed by atoms with E-state index in [0.29, 0.717) is 13.2 Å². The molecule has 0 radical (unpaired) electrons. The molecule has 0 aliphatic heterocycles. The molecule has 0 unspecified atom stereocenters. The van der Waals surface area contributed by atoms with E-state index in [2.05, 4.69) is 80.4 Å². The lowest BCUT2D eigenvalue weighted by molar-refractivity contribution is 0.287. The summed E-state index contributed by atoms with van der Waals surface area (Å²) in [5, 5.41) is 13.5. The maximum atomic E-state index is 6.05. The van der Waals surface area contributed by atoms with Crippen molar-refractivity contribution in [1.29, 1.82) is 0 Å². The van der Waals surface area contributed by atoms with Crippen LogP contribution < -0.4 is 20.3 Å². The molecule has 8 heteroatoms. The molecule has 2 N–H and O–H groups in total. The zero-order valence-electron chi connectivity index (χ0n) is 28.9. The van der Waals surface area contributed by atoms with Crippen molar-refractivity contribution in [2.75, 3.05) is 24.1 Å². The summed E-state index contributed by atoms with van der Waals surface area (Å²) >= 11 is 3.40. The van der Waals surface area contributed by atoms with Crippen LogP contribution in [0.5, 0.6) is 11.5 Å². The molecular weight excluding hydrogens is 681 g/mol. The second-order valence-corrected chi connectivity index (χ2v) is 13.8. The van der Waals surface area contributed by atoms with Gasteiger partial charge in [-0.3, -0.25) is 10.9 Å². The molecule has 0 aliphatic rings. The summed E-state index contributed by atoms with van der Waals surface area (Å²) < 4.78 is 12.1. The van der Waals surface area contributed by atoms with Crippen LogP contribution in [-0.2, 0) is 0 Å². The van der Waals surface area contributed by atoms with Gasteiger partial charge in [0, 0.05) is 20.9 Å². The molecule has 6 nitrogen and oxygen atoms in total.